The number of anilines is 2. The molecule has 0 aliphatic carbocycles. The first-order valence-electron chi connectivity index (χ1n) is 11.5. The molecule has 33 heavy (non-hydrogen) atoms. The van der Waals surface area contributed by atoms with Crippen LogP contribution in [0.3, 0.4) is 0 Å². The maximum Gasteiger partial charge on any atom is 0.418 e. The van der Waals surface area contributed by atoms with Crippen molar-refractivity contribution in [3.63, 3.8) is 0 Å². The minimum absolute atomic E-state index is 0.115. The smallest absolute Gasteiger partial charge is 0.382 e. The number of alkyl halides is 3. The van der Waals surface area contributed by atoms with Gasteiger partial charge in [0.05, 0.1) is 22.4 Å². The van der Waals surface area contributed by atoms with Gasteiger partial charge in [0.2, 0.25) is 5.91 Å². The van der Waals surface area contributed by atoms with Crippen LogP contribution in [0.2, 0.25) is 0 Å². The number of carbonyl (C=O) groups excluding carboxylic acids is 2. The van der Waals surface area contributed by atoms with Gasteiger partial charge in [-0.05, 0) is 38.1 Å². The van der Waals surface area contributed by atoms with E-state index in [9.17, 15) is 22.8 Å². The highest BCUT2D eigenvalue weighted by Gasteiger charge is 2.44. The molecule has 3 aromatic rings. The standard InChI is InChI=1S/C21H20F4N6O2/c1-11(32)30-7-6-29(19(33)20(30,2)3)16-8-12(4-5-14(16)22)15-9-13(21(23,24)25)17-18(26)27-10-28-31(15)17/h4-5,8-10H,6-7H2,1-3H3,(H2,26,27,28)/i6D2,7D2. The van der Waals surface area contributed by atoms with E-state index in [1.807, 2.05) is 0 Å². The SMILES string of the molecule is [2H]C1([2H])N(c2cc(-c3cc(C(F)(F)F)c4c(N)ncnn34)ccc2F)C(=O)C(C)(C)N(C(C)=O)C1([2H])[2H]. The van der Waals surface area contributed by atoms with Crippen LogP contribution < -0.4 is 10.6 Å². The fourth-order valence-electron chi connectivity index (χ4n) is 3.63. The average molecular weight is 468 g/mol. The molecule has 1 fully saturated rings. The van der Waals surface area contributed by atoms with Gasteiger partial charge < -0.3 is 15.5 Å². The number of hydrogen-bond donors (Lipinski definition) is 1. The van der Waals surface area contributed by atoms with Gasteiger partial charge in [-0.3, -0.25) is 9.59 Å². The summed E-state index contributed by atoms with van der Waals surface area (Å²) in [6, 6.07) is 3.49. The number of halogens is 4. The first kappa shape index (κ1) is 17.8. The van der Waals surface area contributed by atoms with Gasteiger partial charge in [0, 0.05) is 25.5 Å². The number of fused-ring (bicyclic) bond motifs is 1. The zero-order valence-electron chi connectivity index (χ0n) is 21.5. The molecular formula is C21H20F4N6O2. The van der Waals surface area contributed by atoms with Gasteiger partial charge in [-0.2, -0.15) is 18.3 Å². The minimum atomic E-state index is -4.86. The number of nitrogen functional groups attached to an aromatic ring is 1. The average Bonchev–Trinajstić information content (AvgIpc) is 3.15. The number of piperazine rings is 1. The molecule has 1 saturated heterocycles. The Bertz CT molecular complexity index is 1460. The largest absolute Gasteiger partial charge is 0.418 e. The summed E-state index contributed by atoms with van der Waals surface area (Å²) in [4.78, 5) is 29.9. The summed E-state index contributed by atoms with van der Waals surface area (Å²) in [5, 5.41) is 3.81. The Morgan fingerprint density at radius 3 is 2.58 bits per heavy atom. The Morgan fingerprint density at radius 1 is 1.24 bits per heavy atom. The molecule has 1 aliphatic heterocycles. The summed E-state index contributed by atoms with van der Waals surface area (Å²) in [6.45, 7) is -3.09. The fourth-order valence-corrected chi connectivity index (χ4v) is 3.63. The number of benzene rings is 1. The third-order valence-corrected chi connectivity index (χ3v) is 5.24. The number of aromatic nitrogens is 3. The molecule has 2 aromatic heterocycles. The molecule has 2 N–H and O–H groups in total. The van der Waals surface area contributed by atoms with E-state index in [0.29, 0.717) is 11.0 Å². The third-order valence-electron chi connectivity index (χ3n) is 5.24. The Hall–Kier alpha value is -3.70. The van der Waals surface area contributed by atoms with Gasteiger partial charge in [0.15, 0.2) is 5.82 Å². The van der Waals surface area contributed by atoms with Crippen molar-refractivity contribution in [1.29, 1.82) is 0 Å². The molecule has 2 amide bonds. The van der Waals surface area contributed by atoms with Gasteiger partial charge >= 0.3 is 6.18 Å². The summed E-state index contributed by atoms with van der Waals surface area (Å²) in [6.07, 6.45) is -3.95. The van der Waals surface area contributed by atoms with E-state index in [0.717, 1.165) is 36.0 Å². The normalized spacial score (nSPS) is 21.4. The molecule has 3 heterocycles. The number of nitrogens with zero attached hydrogens (tertiary/aromatic N) is 5. The molecule has 0 radical (unpaired) electrons. The molecule has 8 nitrogen and oxygen atoms in total. The maximum atomic E-state index is 15.1. The topological polar surface area (TPSA) is 96.8 Å². The minimum Gasteiger partial charge on any atom is -0.382 e. The zero-order valence-corrected chi connectivity index (χ0v) is 17.5. The number of carbonyl (C=O) groups is 2. The molecule has 0 bridgehead atoms. The number of rotatable bonds is 2. The van der Waals surface area contributed by atoms with E-state index < -0.39 is 64.9 Å². The Balaban J connectivity index is 1.97. The van der Waals surface area contributed by atoms with Crippen LogP contribution in [-0.4, -0.2) is 49.8 Å². The van der Waals surface area contributed by atoms with Crippen LogP contribution in [0.15, 0.2) is 30.6 Å². The molecule has 174 valence electrons. The molecule has 0 spiro atoms. The van der Waals surface area contributed by atoms with E-state index >= 15 is 4.39 Å². The van der Waals surface area contributed by atoms with Crippen LogP contribution >= 0.6 is 0 Å². The van der Waals surface area contributed by atoms with Crippen LogP contribution in [0.1, 0.15) is 31.8 Å². The van der Waals surface area contributed by atoms with Crippen LogP contribution in [0.5, 0.6) is 0 Å². The Kier molecular flexibility index (Phi) is 4.01. The predicted molar refractivity (Wildman–Crippen MR) is 112 cm³/mol. The molecule has 4 rings (SSSR count). The predicted octanol–water partition coefficient (Wildman–Crippen LogP) is 3.11. The van der Waals surface area contributed by atoms with E-state index in [4.69, 9.17) is 11.2 Å². The van der Waals surface area contributed by atoms with Crippen LogP contribution in [0.25, 0.3) is 16.8 Å². The van der Waals surface area contributed by atoms with Crippen LogP contribution in [0, 0.1) is 5.82 Å². The lowest BCUT2D eigenvalue weighted by molar-refractivity contribution is -0.145. The quantitative estimate of drug-likeness (QED) is 0.583. The first-order chi connectivity index (χ1) is 16.8. The maximum absolute atomic E-state index is 15.1. The van der Waals surface area contributed by atoms with Crippen molar-refractivity contribution in [3.8, 4) is 11.3 Å². The van der Waals surface area contributed by atoms with E-state index in [-0.39, 0.29) is 16.2 Å². The van der Waals surface area contributed by atoms with Crippen LogP contribution in [-0.2, 0) is 15.8 Å². The molecule has 1 aromatic carbocycles. The van der Waals surface area contributed by atoms with Gasteiger partial charge in [-0.1, -0.05) is 0 Å². The number of hydrogen-bond acceptors (Lipinski definition) is 5. The Labute approximate surface area is 191 Å². The highest BCUT2D eigenvalue weighted by atomic mass is 19.4. The molecule has 1 aliphatic rings. The lowest BCUT2D eigenvalue weighted by atomic mass is 9.96. The molecule has 0 saturated carbocycles. The second-order valence-corrected chi connectivity index (χ2v) is 7.79. The summed E-state index contributed by atoms with van der Waals surface area (Å²) in [7, 11) is 0. The first-order valence-corrected chi connectivity index (χ1v) is 9.50. The van der Waals surface area contributed by atoms with Crippen molar-refractivity contribution in [3.05, 3.63) is 42.0 Å². The van der Waals surface area contributed by atoms with E-state index in [2.05, 4.69) is 10.1 Å². The second-order valence-electron chi connectivity index (χ2n) is 7.79. The van der Waals surface area contributed by atoms with E-state index in [1.54, 1.807) is 0 Å². The van der Waals surface area contributed by atoms with E-state index in [1.165, 1.54) is 13.8 Å². The van der Waals surface area contributed by atoms with Crippen molar-refractivity contribution in [2.75, 3.05) is 23.6 Å². The third kappa shape index (κ3) is 3.55. The van der Waals surface area contributed by atoms with Crippen molar-refractivity contribution in [1.82, 2.24) is 19.5 Å². The number of amides is 2. The summed E-state index contributed by atoms with van der Waals surface area (Å²) in [5.74, 6) is -3.72. The molecule has 0 atom stereocenters. The lowest BCUT2D eigenvalue weighted by Crippen LogP contribution is -2.64. The van der Waals surface area contributed by atoms with Crippen molar-refractivity contribution in [2.24, 2.45) is 0 Å². The summed E-state index contributed by atoms with van der Waals surface area (Å²) >= 11 is 0. The van der Waals surface area contributed by atoms with Gasteiger partial charge in [-0.25, -0.2) is 13.9 Å². The van der Waals surface area contributed by atoms with Crippen molar-refractivity contribution >= 4 is 28.8 Å². The summed E-state index contributed by atoms with van der Waals surface area (Å²) < 4.78 is 90.7. The van der Waals surface area contributed by atoms with Gasteiger partial charge in [0.25, 0.3) is 5.91 Å². The van der Waals surface area contributed by atoms with Crippen LogP contribution in [0.4, 0.5) is 29.1 Å². The zero-order chi connectivity index (χ0) is 27.9. The number of nitrogens with two attached hydrogens (primary N) is 1. The van der Waals surface area contributed by atoms with Gasteiger partial charge in [0.1, 0.15) is 23.2 Å². The van der Waals surface area contributed by atoms with Gasteiger partial charge in [-0.15, -0.1) is 0 Å². The second kappa shape index (κ2) is 7.42. The Morgan fingerprint density at radius 2 is 1.94 bits per heavy atom. The summed E-state index contributed by atoms with van der Waals surface area (Å²) in [5.41, 5.74) is 0.882. The molecule has 0 unspecified atom stereocenters. The monoisotopic (exact) mass is 468 g/mol. The lowest BCUT2D eigenvalue weighted by Gasteiger charge is -2.45. The highest BCUT2D eigenvalue weighted by Crippen LogP contribution is 2.40. The molecular weight excluding hydrogens is 444 g/mol. The van der Waals surface area contributed by atoms with Crippen molar-refractivity contribution in [2.45, 2.75) is 32.5 Å². The van der Waals surface area contributed by atoms with Crippen molar-refractivity contribution < 1.29 is 32.6 Å². The highest BCUT2D eigenvalue weighted by molar-refractivity contribution is 6.03. The molecule has 12 heteroatoms. The fraction of sp³-hybridized carbons (Fsp3) is 0.333.